The van der Waals surface area contributed by atoms with Gasteiger partial charge in [-0.25, -0.2) is 9.97 Å². The van der Waals surface area contributed by atoms with Crippen LogP contribution in [0.2, 0.25) is 0 Å². The molecule has 1 unspecified atom stereocenters. The van der Waals surface area contributed by atoms with Crippen LogP contribution in [0.15, 0.2) is 36.4 Å². The van der Waals surface area contributed by atoms with Crippen molar-refractivity contribution in [1.29, 1.82) is 0 Å². The second-order valence-electron chi connectivity index (χ2n) is 9.69. The molecular formula is C28H34N4O4S. The highest BCUT2D eigenvalue weighted by molar-refractivity contribution is 7.15. The Kier molecular flexibility index (Phi) is 8.14. The summed E-state index contributed by atoms with van der Waals surface area (Å²) in [4.78, 5) is 25.6. The Balaban J connectivity index is 1.40. The maximum atomic E-state index is 11.6. The van der Waals surface area contributed by atoms with Crippen molar-refractivity contribution in [3.63, 3.8) is 0 Å². The summed E-state index contributed by atoms with van der Waals surface area (Å²) >= 11 is 1.76. The molecule has 2 aromatic heterocycles. The molecule has 2 N–H and O–H groups in total. The molecule has 0 saturated carbocycles. The third-order valence-corrected chi connectivity index (χ3v) is 8.10. The molecule has 2 aliphatic heterocycles. The monoisotopic (exact) mass is 522 g/mol. The van der Waals surface area contributed by atoms with E-state index in [4.69, 9.17) is 9.47 Å². The van der Waals surface area contributed by atoms with Crippen LogP contribution >= 0.6 is 11.3 Å². The van der Waals surface area contributed by atoms with Crippen molar-refractivity contribution in [2.45, 2.75) is 58.4 Å². The number of aromatic nitrogens is 2. The van der Waals surface area contributed by atoms with Gasteiger partial charge in [-0.3, -0.25) is 9.69 Å². The standard InChI is InChI=1S/C28H34N4O4S/c1-18(23-10-11-24(37-23)21-9-4-3-8-20(21)17-32-12-5-6-13-32)29-27-26(28-35-14-7-15-36-28)22(16-25(33)34)30-19(2)31-27/h3-4,8-11,18,28H,5-7,12-17H2,1-2H3,(H,33,34)(H,29,30,31). The molecule has 3 aromatic rings. The molecule has 1 atom stereocenters. The van der Waals surface area contributed by atoms with Gasteiger partial charge in [-0.05, 0) is 69.5 Å². The number of rotatable bonds is 9. The van der Waals surface area contributed by atoms with Crippen LogP contribution in [0.3, 0.4) is 0 Å². The van der Waals surface area contributed by atoms with Gasteiger partial charge in [-0.15, -0.1) is 11.3 Å². The molecule has 0 radical (unpaired) electrons. The van der Waals surface area contributed by atoms with E-state index in [-0.39, 0.29) is 12.5 Å². The number of carboxylic acid groups (broad SMARTS) is 1. The molecule has 2 saturated heterocycles. The summed E-state index contributed by atoms with van der Waals surface area (Å²) in [5.41, 5.74) is 3.64. The molecule has 196 valence electrons. The zero-order valence-corrected chi connectivity index (χ0v) is 22.2. The smallest absolute Gasteiger partial charge is 0.309 e. The molecule has 0 bridgehead atoms. The molecule has 0 spiro atoms. The van der Waals surface area contributed by atoms with Crippen molar-refractivity contribution >= 4 is 23.1 Å². The number of likely N-dealkylation sites (tertiary alicyclic amines) is 1. The molecule has 5 rings (SSSR count). The maximum Gasteiger partial charge on any atom is 0.309 e. The van der Waals surface area contributed by atoms with Gasteiger partial charge in [0.05, 0.1) is 36.9 Å². The van der Waals surface area contributed by atoms with Crippen molar-refractivity contribution in [3.05, 3.63) is 63.9 Å². The zero-order chi connectivity index (χ0) is 25.8. The van der Waals surface area contributed by atoms with E-state index >= 15 is 0 Å². The second-order valence-corrected chi connectivity index (χ2v) is 10.8. The van der Waals surface area contributed by atoms with E-state index in [2.05, 4.69) is 63.5 Å². The van der Waals surface area contributed by atoms with Crippen LogP contribution in [-0.2, 0) is 27.2 Å². The largest absolute Gasteiger partial charge is 0.481 e. The van der Waals surface area contributed by atoms with Crippen molar-refractivity contribution in [3.8, 4) is 10.4 Å². The minimum absolute atomic E-state index is 0.0567. The first kappa shape index (κ1) is 25.8. The van der Waals surface area contributed by atoms with Crippen LogP contribution in [0.4, 0.5) is 5.82 Å². The van der Waals surface area contributed by atoms with Crippen LogP contribution in [0.25, 0.3) is 10.4 Å². The van der Waals surface area contributed by atoms with E-state index in [1.165, 1.54) is 46.8 Å². The molecular weight excluding hydrogens is 488 g/mol. The Bertz CT molecular complexity index is 1230. The highest BCUT2D eigenvalue weighted by Gasteiger charge is 2.28. The van der Waals surface area contributed by atoms with Crippen molar-refractivity contribution in [2.75, 3.05) is 31.6 Å². The zero-order valence-electron chi connectivity index (χ0n) is 21.4. The van der Waals surface area contributed by atoms with Crippen LogP contribution in [0.5, 0.6) is 0 Å². The Hall–Kier alpha value is -2.85. The summed E-state index contributed by atoms with van der Waals surface area (Å²) in [5, 5.41) is 13.0. The van der Waals surface area contributed by atoms with Gasteiger partial charge >= 0.3 is 5.97 Å². The average Bonchev–Trinajstić information content (AvgIpc) is 3.57. The van der Waals surface area contributed by atoms with Crippen molar-refractivity contribution in [1.82, 2.24) is 14.9 Å². The SMILES string of the molecule is Cc1nc(CC(=O)O)c(C2OCCCO2)c(NC(C)c2ccc(-c3ccccc3CN3CCCC3)s2)n1. The van der Waals surface area contributed by atoms with E-state index in [1.54, 1.807) is 18.3 Å². The predicted octanol–water partition coefficient (Wildman–Crippen LogP) is 5.35. The number of nitrogens with one attached hydrogen (secondary N) is 1. The summed E-state index contributed by atoms with van der Waals surface area (Å²) in [6.45, 7) is 8.28. The van der Waals surface area contributed by atoms with E-state index < -0.39 is 12.3 Å². The topological polar surface area (TPSA) is 96.8 Å². The maximum absolute atomic E-state index is 11.6. The van der Waals surface area contributed by atoms with Gasteiger partial charge < -0.3 is 19.9 Å². The number of hydrogen-bond donors (Lipinski definition) is 2. The number of carbonyl (C=O) groups is 1. The number of anilines is 1. The fraction of sp³-hybridized carbons (Fsp3) is 0.464. The number of hydrogen-bond acceptors (Lipinski definition) is 8. The lowest BCUT2D eigenvalue weighted by molar-refractivity contribution is -0.183. The van der Waals surface area contributed by atoms with Crippen molar-refractivity contribution < 1.29 is 19.4 Å². The van der Waals surface area contributed by atoms with Gasteiger partial charge in [0.1, 0.15) is 11.6 Å². The Labute approximate surface area is 221 Å². The first-order chi connectivity index (χ1) is 18.0. The van der Waals surface area contributed by atoms with Crippen LogP contribution in [-0.4, -0.2) is 52.2 Å². The molecule has 8 nitrogen and oxygen atoms in total. The Morgan fingerprint density at radius 2 is 1.89 bits per heavy atom. The van der Waals surface area contributed by atoms with Gasteiger partial charge in [-0.1, -0.05) is 24.3 Å². The summed E-state index contributed by atoms with van der Waals surface area (Å²) in [5.74, 6) is 0.116. The number of aliphatic carboxylic acids is 1. The predicted molar refractivity (Wildman–Crippen MR) is 144 cm³/mol. The minimum atomic E-state index is -0.954. The molecule has 0 aliphatic carbocycles. The summed E-state index contributed by atoms with van der Waals surface area (Å²) in [6, 6.07) is 13.0. The lowest BCUT2D eigenvalue weighted by Gasteiger charge is -2.27. The van der Waals surface area contributed by atoms with Gasteiger partial charge in [0, 0.05) is 16.3 Å². The number of benzene rings is 1. The molecule has 37 heavy (non-hydrogen) atoms. The van der Waals surface area contributed by atoms with E-state index in [9.17, 15) is 9.90 Å². The first-order valence-electron chi connectivity index (χ1n) is 13.0. The Morgan fingerprint density at radius 1 is 1.14 bits per heavy atom. The molecule has 2 fully saturated rings. The molecule has 2 aliphatic rings. The minimum Gasteiger partial charge on any atom is -0.481 e. The summed E-state index contributed by atoms with van der Waals surface area (Å²) in [7, 11) is 0. The highest BCUT2D eigenvalue weighted by Crippen LogP contribution is 2.37. The third-order valence-electron chi connectivity index (χ3n) is 6.80. The van der Waals surface area contributed by atoms with Gasteiger partial charge in [-0.2, -0.15) is 0 Å². The third kappa shape index (κ3) is 6.18. The fourth-order valence-corrected chi connectivity index (χ4v) is 6.09. The summed E-state index contributed by atoms with van der Waals surface area (Å²) in [6.07, 6.45) is 2.46. The first-order valence-corrected chi connectivity index (χ1v) is 13.8. The van der Waals surface area contributed by atoms with Crippen LogP contribution < -0.4 is 5.32 Å². The number of ether oxygens (including phenoxy) is 2. The van der Waals surface area contributed by atoms with Crippen LogP contribution in [0.1, 0.15) is 66.0 Å². The lowest BCUT2D eigenvalue weighted by Crippen LogP contribution is -2.23. The van der Waals surface area contributed by atoms with E-state index in [1.807, 2.05) is 0 Å². The number of thiophene rings is 1. The Morgan fingerprint density at radius 3 is 2.65 bits per heavy atom. The van der Waals surface area contributed by atoms with Gasteiger partial charge in [0.15, 0.2) is 6.29 Å². The summed E-state index contributed by atoms with van der Waals surface area (Å²) < 4.78 is 11.7. The van der Waals surface area contributed by atoms with Gasteiger partial charge in [0.2, 0.25) is 0 Å². The quantitative estimate of drug-likeness (QED) is 0.389. The molecule has 1 aromatic carbocycles. The normalized spacial score (nSPS) is 17.7. The van der Waals surface area contributed by atoms with Gasteiger partial charge in [0.25, 0.3) is 0 Å². The van der Waals surface area contributed by atoms with E-state index in [0.29, 0.717) is 36.1 Å². The average molecular weight is 523 g/mol. The molecule has 0 amide bonds. The van der Waals surface area contributed by atoms with Crippen LogP contribution in [0, 0.1) is 6.92 Å². The fourth-order valence-electron chi connectivity index (χ4n) is 5.02. The number of carboxylic acids is 1. The second kappa shape index (κ2) is 11.7. The molecule has 4 heterocycles. The van der Waals surface area contributed by atoms with Crippen molar-refractivity contribution in [2.24, 2.45) is 0 Å². The highest BCUT2D eigenvalue weighted by atomic mass is 32.1. The number of aryl methyl sites for hydroxylation is 1. The molecule has 9 heteroatoms. The lowest BCUT2D eigenvalue weighted by atomic mass is 10.1. The van der Waals surface area contributed by atoms with E-state index in [0.717, 1.165) is 13.0 Å². The number of nitrogens with zero attached hydrogens (tertiary/aromatic N) is 3.